The van der Waals surface area contributed by atoms with Crippen LogP contribution in [-0.2, 0) is 4.79 Å². The summed E-state index contributed by atoms with van der Waals surface area (Å²) in [6, 6.07) is 7.83. The highest BCUT2D eigenvalue weighted by Crippen LogP contribution is 2.14. The molecule has 2 aromatic rings. The van der Waals surface area contributed by atoms with Gasteiger partial charge in [-0.1, -0.05) is 17.7 Å². The Labute approximate surface area is 98.3 Å². The van der Waals surface area contributed by atoms with Crippen LogP contribution in [0.4, 0.5) is 0 Å². The lowest BCUT2D eigenvalue weighted by atomic mass is 10.2. The molecule has 1 N–H and O–H groups in total. The number of carboxylic acids is 1. The molecule has 17 heavy (non-hydrogen) atoms. The highest BCUT2D eigenvalue weighted by molar-refractivity contribution is 5.68. The van der Waals surface area contributed by atoms with Gasteiger partial charge in [-0.25, -0.2) is 9.48 Å². The lowest BCUT2D eigenvalue weighted by molar-refractivity contribution is -0.139. The molecule has 0 fully saturated rings. The van der Waals surface area contributed by atoms with Crippen LogP contribution >= 0.6 is 0 Å². The highest BCUT2D eigenvalue weighted by Gasteiger charge is 2.03. The Hall–Kier alpha value is -2.30. The zero-order valence-electron chi connectivity index (χ0n) is 9.33. The van der Waals surface area contributed by atoms with Crippen LogP contribution < -0.4 is 4.74 Å². The summed E-state index contributed by atoms with van der Waals surface area (Å²) in [4.78, 5) is 10.3. The third-order valence-electron chi connectivity index (χ3n) is 2.22. The number of aliphatic carboxylic acids is 1. The predicted molar refractivity (Wildman–Crippen MR) is 61.4 cm³/mol. The Kier molecular flexibility index (Phi) is 3.09. The zero-order chi connectivity index (χ0) is 12.3. The van der Waals surface area contributed by atoms with E-state index in [1.54, 1.807) is 10.9 Å². The first-order valence-electron chi connectivity index (χ1n) is 5.11. The molecule has 0 bridgehead atoms. The molecule has 2 rings (SSSR count). The van der Waals surface area contributed by atoms with Crippen molar-refractivity contribution in [3.8, 4) is 11.4 Å². The Bertz CT molecular complexity index is 517. The van der Waals surface area contributed by atoms with Crippen molar-refractivity contribution in [3.63, 3.8) is 0 Å². The highest BCUT2D eigenvalue weighted by atomic mass is 16.5. The molecule has 0 amide bonds. The van der Waals surface area contributed by atoms with Crippen LogP contribution in [0.3, 0.4) is 0 Å². The number of aromatic nitrogens is 2. The van der Waals surface area contributed by atoms with Crippen LogP contribution in [-0.4, -0.2) is 27.5 Å². The molecule has 0 radical (unpaired) electrons. The van der Waals surface area contributed by atoms with E-state index in [-0.39, 0.29) is 6.61 Å². The van der Waals surface area contributed by atoms with E-state index < -0.39 is 5.97 Å². The average molecular weight is 232 g/mol. The van der Waals surface area contributed by atoms with Gasteiger partial charge in [0.1, 0.15) is 0 Å². The molecule has 88 valence electrons. The lowest BCUT2D eigenvalue weighted by Gasteiger charge is -2.01. The minimum Gasteiger partial charge on any atom is -0.479 e. The molecule has 0 saturated carbocycles. The molecule has 1 aromatic carbocycles. The normalized spacial score (nSPS) is 10.2. The van der Waals surface area contributed by atoms with E-state index in [4.69, 9.17) is 9.84 Å². The first kappa shape index (κ1) is 11.2. The Morgan fingerprint density at radius 3 is 2.76 bits per heavy atom. The Morgan fingerprint density at radius 2 is 2.12 bits per heavy atom. The standard InChI is InChI=1S/C12H12N2O3/c1-9-2-4-10(5-3-9)14-7-11(6-13-14)17-8-12(15)16/h2-7H,8H2,1H3,(H,15,16). The smallest absolute Gasteiger partial charge is 0.341 e. The fourth-order valence-corrected chi connectivity index (χ4v) is 1.36. The van der Waals surface area contributed by atoms with Crippen LogP contribution in [0.15, 0.2) is 36.7 Å². The number of aryl methyl sites for hydroxylation is 1. The van der Waals surface area contributed by atoms with Gasteiger partial charge in [-0.3, -0.25) is 0 Å². The summed E-state index contributed by atoms with van der Waals surface area (Å²) in [5.41, 5.74) is 2.07. The van der Waals surface area contributed by atoms with Gasteiger partial charge in [-0.2, -0.15) is 5.10 Å². The number of carbonyl (C=O) groups is 1. The molecule has 1 aromatic heterocycles. The topological polar surface area (TPSA) is 64.3 Å². The van der Waals surface area contributed by atoms with Gasteiger partial charge in [-0.15, -0.1) is 0 Å². The van der Waals surface area contributed by atoms with Gasteiger partial charge in [0.2, 0.25) is 0 Å². The molecular weight excluding hydrogens is 220 g/mol. The number of hydrogen-bond acceptors (Lipinski definition) is 3. The number of carboxylic acid groups (broad SMARTS) is 1. The van der Waals surface area contributed by atoms with Gasteiger partial charge < -0.3 is 9.84 Å². The van der Waals surface area contributed by atoms with Gasteiger partial charge in [0, 0.05) is 0 Å². The van der Waals surface area contributed by atoms with E-state index >= 15 is 0 Å². The maximum Gasteiger partial charge on any atom is 0.341 e. The number of hydrogen-bond donors (Lipinski definition) is 1. The van der Waals surface area contributed by atoms with Gasteiger partial charge >= 0.3 is 5.97 Å². The fourth-order valence-electron chi connectivity index (χ4n) is 1.36. The summed E-state index contributed by atoms with van der Waals surface area (Å²) in [6.07, 6.45) is 3.14. The summed E-state index contributed by atoms with van der Waals surface area (Å²) in [5, 5.41) is 12.6. The van der Waals surface area contributed by atoms with Crippen molar-refractivity contribution < 1.29 is 14.6 Å². The quantitative estimate of drug-likeness (QED) is 0.870. The molecule has 0 aliphatic rings. The van der Waals surface area contributed by atoms with E-state index in [1.807, 2.05) is 31.2 Å². The predicted octanol–water partition coefficient (Wildman–Crippen LogP) is 1.64. The fraction of sp³-hybridized carbons (Fsp3) is 0.167. The molecular formula is C12H12N2O3. The van der Waals surface area contributed by atoms with Crippen molar-refractivity contribution in [2.24, 2.45) is 0 Å². The minimum absolute atomic E-state index is 0.362. The summed E-state index contributed by atoms with van der Waals surface area (Å²) in [6.45, 7) is 1.65. The molecule has 0 spiro atoms. The maximum atomic E-state index is 10.3. The van der Waals surface area contributed by atoms with Crippen molar-refractivity contribution in [1.29, 1.82) is 0 Å². The lowest BCUT2D eigenvalue weighted by Crippen LogP contribution is -2.08. The van der Waals surface area contributed by atoms with Crippen LogP contribution in [0.5, 0.6) is 5.75 Å². The number of rotatable bonds is 4. The Morgan fingerprint density at radius 1 is 1.41 bits per heavy atom. The van der Waals surface area contributed by atoms with E-state index in [9.17, 15) is 4.79 Å². The second kappa shape index (κ2) is 4.69. The summed E-state index contributed by atoms with van der Waals surface area (Å²) in [7, 11) is 0. The second-order valence-electron chi connectivity index (χ2n) is 3.64. The van der Waals surface area contributed by atoms with E-state index in [2.05, 4.69) is 5.10 Å². The van der Waals surface area contributed by atoms with Crippen LogP contribution in [0, 0.1) is 6.92 Å². The molecule has 0 saturated heterocycles. The summed E-state index contributed by atoms with van der Waals surface area (Å²) < 4.78 is 6.65. The van der Waals surface area contributed by atoms with Crippen molar-refractivity contribution in [2.45, 2.75) is 6.92 Å². The maximum absolute atomic E-state index is 10.3. The molecule has 0 aliphatic carbocycles. The van der Waals surface area contributed by atoms with Crippen molar-refractivity contribution in [3.05, 3.63) is 42.2 Å². The number of nitrogens with zero attached hydrogens (tertiary/aromatic N) is 2. The molecule has 0 aliphatic heterocycles. The third-order valence-corrected chi connectivity index (χ3v) is 2.22. The largest absolute Gasteiger partial charge is 0.479 e. The monoisotopic (exact) mass is 232 g/mol. The zero-order valence-corrected chi connectivity index (χ0v) is 9.33. The molecule has 0 unspecified atom stereocenters. The van der Waals surface area contributed by atoms with Crippen LogP contribution in [0.2, 0.25) is 0 Å². The molecule has 5 heteroatoms. The van der Waals surface area contributed by atoms with Gasteiger partial charge in [-0.05, 0) is 19.1 Å². The van der Waals surface area contributed by atoms with E-state index in [0.717, 1.165) is 5.69 Å². The number of benzene rings is 1. The van der Waals surface area contributed by atoms with Gasteiger partial charge in [0.25, 0.3) is 0 Å². The first-order valence-corrected chi connectivity index (χ1v) is 5.11. The second-order valence-corrected chi connectivity index (χ2v) is 3.64. The van der Waals surface area contributed by atoms with Gasteiger partial charge in [0.05, 0.1) is 18.1 Å². The van der Waals surface area contributed by atoms with Crippen molar-refractivity contribution in [1.82, 2.24) is 9.78 Å². The van der Waals surface area contributed by atoms with E-state index in [0.29, 0.717) is 5.75 Å². The average Bonchev–Trinajstić information content (AvgIpc) is 2.76. The summed E-state index contributed by atoms with van der Waals surface area (Å²) in [5.74, 6) is -0.568. The number of ether oxygens (including phenoxy) is 1. The SMILES string of the molecule is Cc1ccc(-n2cc(OCC(=O)O)cn2)cc1. The Balaban J connectivity index is 2.12. The first-order chi connectivity index (χ1) is 8.15. The molecule has 5 nitrogen and oxygen atoms in total. The molecule has 1 heterocycles. The third kappa shape index (κ3) is 2.84. The summed E-state index contributed by atoms with van der Waals surface area (Å²) >= 11 is 0. The molecule has 0 atom stereocenters. The van der Waals surface area contributed by atoms with Crippen molar-refractivity contribution in [2.75, 3.05) is 6.61 Å². The van der Waals surface area contributed by atoms with Crippen LogP contribution in [0.25, 0.3) is 5.69 Å². The van der Waals surface area contributed by atoms with Crippen LogP contribution in [0.1, 0.15) is 5.56 Å². The van der Waals surface area contributed by atoms with Gasteiger partial charge in [0.15, 0.2) is 12.4 Å². The minimum atomic E-state index is -1.01. The van der Waals surface area contributed by atoms with E-state index in [1.165, 1.54) is 11.8 Å². The van der Waals surface area contributed by atoms with Crippen molar-refractivity contribution >= 4 is 5.97 Å².